The summed E-state index contributed by atoms with van der Waals surface area (Å²) in [6, 6.07) is 9.71. The maximum absolute atomic E-state index is 12.2. The van der Waals surface area contributed by atoms with Crippen LogP contribution in [0.15, 0.2) is 41.9 Å². The van der Waals surface area contributed by atoms with E-state index in [1.807, 2.05) is 35.7 Å². The zero-order valence-electron chi connectivity index (χ0n) is 10.8. The standard InChI is InChI=1S/C14H15N3OS2/c15-13(19)11(8-10-4-2-1-3-5-10)14(18)17-9-12-16-6-7-20-12/h1-7,11H,8-9H2,(H2,15,19)(H,17,18). The van der Waals surface area contributed by atoms with Gasteiger partial charge >= 0.3 is 0 Å². The van der Waals surface area contributed by atoms with Crippen molar-refractivity contribution in [3.63, 3.8) is 0 Å². The third kappa shape index (κ3) is 4.11. The molecule has 3 N–H and O–H groups in total. The number of hydrogen-bond acceptors (Lipinski definition) is 4. The monoisotopic (exact) mass is 305 g/mol. The van der Waals surface area contributed by atoms with Crippen LogP contribution < -0.4 is 11.1 Å². The molecule has 0 radical (unpaired) electrons. The fourth-order valence-electron chi connectivity index (χ4n) is 1.80. The molecule has 0 aliphatic heterocycles. The Labute approximate surface area is 127 Å². The summed E-state index contributed by atoms with van der Waals surface area (Å²) in [6.07, 6.45) is 2.22. The molecule has 1 aromatic heterocycles. The number of nitrogens with zero attached hydrogens (tertiary/aromatic N) is 1. The average molecular weight is 305 g/mol. The molecule has 2 rings (SSSR count). The molecule has 2 aromatic rings. The summed E-state index contributed by atoms with van der Waals surface area (Å²) >= 11 is 6.51. The Morgan fingerprint density at radius 3 is 2.75 bits per heavy atom. The molecule has 20 heavy (non-hydrogen) atoms. The molecule has 1 amide bonds. The number of hydrogen-bond donors (Lipinski definition) is 2. The molecule has 1 aromatic carbocycles. The number of benzene rings is 1. The van der Waals surface area contributed by atoms with Gasteiger partial charge < -0.3 is 11.1 Å². The van der Waals surface area contributed by atoms with Crippen molar-refractivity contribution in [1.29, 1.82) is 0 Å². The molecular weight excluding hydrogens is 290 g/mol. The second-order valence-corrected chi connectivity index (χ2v) is 5.74. The molecule has 4 nitrogen and oxygen atoms in total. The summed E-state index contributed by atoms with van der Waals surface area (Å²) in [5.74, 6) is -0.649. The molecule has 1 heterocycles. The SMILES string of the molecule is NC(=S)C(Cc1ccccc1)C(=O)NCc1nccs1. The van der Waals surface area contributed by atoms with Gasteiger partial charge in [0.05, 0.1) is 17.5 Å². The molecule has 0 bridgehead atoms. The van der Waals surface area contributed by atoms with Crippen molar-refractivity contribution in [2.75, 3.05) is 0 Å². The molecule has 1 unspecified atom stereocenters. The fraction of sp³-hybridized carbons (Fsp3) is 0.214. The summed E-state index contributed by atoms with van der Waals surface area (Å²) < 4.78 is 0. The van der Waals surface area contributed by atoms with Gasteiger partial charge in [-0.05, 0) is 12.0 Å². The number of nitrogens with one attached hydrogen (secondary N) is 1. The van der Waals surface area contributed by atoms with Gasteiger partial charge in [-0.15, -0.1) is 11.3 Å². The van der Waals surface area contributed by atoms with Gasteiger partial charge in [0.1, 0.15) is 5.01 Å². The summed E-state index contributed by atoms with van der Waals surface area (Å²) in [4.78, 5) is 16.5. The van der Waals surface area contributed by atoms with Crippen LogP contribution in [0.25, 0.3) is 0 Å². The van der Waals surface area contributed by atoms with Crippen LogP contribution in [0.1, 0.15) is 10.6 Å². The van der Waals surface area contributed by atoms with Crippen LogP contribution in [-0.4, -0.2) is 15.9 Å². The second-order valence-electron chi connectivity index (χ2n) is 4.29. The van der Waals surface area contributed by atoms with Crippen molar-refractivity contribution in [2.45, 2.75) is 13.0 Å². The van der Waals surface area contributed by atoms with Gasteiger partial charge in [0.15, 0.2) is 0 Å². The van der Waals surface area contributed by atoms with Gasteiger partial charge in [-0.1, -0.05) is 42.5 Å². The van der Waals surface area contributed by atoms with Gasteiger partial charge in [-0.2, -0.15) is 0 Å². The number of amides is 1. The number of thiocarbonyl (C=S) groups is 1. The minimum atomic E-state index is -0.493. The van der Waals surface area contributed by atoms with E-state index >= 15 is 0 Å². The first-order chi connectivity index (χ1) is 9.66. The zero-order chi connectivity index (χ0) is 14.4. The Hall–Kier alpha value is -1.79. The highest BCUT2D eigenvalue weighted by Crippen LogP contribution is 2.10. The van der Waals surface area contributed by atoms with E-state index in [9.17, 15) is 4.79 Å². The first kappa shape index (κ1) is 14.6. The molecule has 1 atom stereocenters. The molecule has 0 aliphatic carbocycles. The number of carbonyl (C=O) groups excluding carboxylic acids is 1. The molecular formula is C14H15N3OS2. The van der Waals surface area contributed by atoms with Crippen LogP contribution in [0.4, 0.5) is 0 Å². The number of rotatable bonds is 6. The summed E-state index contributed by atoms with van der Waals surface area (Å²) in [6.45, 7) is 0.407. The summed E-state index contributed by atoms with van der Waals surface area (Å²) in [5, 5.41) is 5.56. The second kappa shape index (κ2) is 7.12. The number of nitrogens with two attached hydrogens (primary N) is 1. The Balaban J connectivity index is 1.97. The molecule has 6 heteroatoms. The maximum atomic E-state index is 12.2. The van der Waals surface area contributed by atoms with Crippen molar-refractivity contribution < 1.29 is 4.79 Å². The van der Waals surface area contributed by atoms with Crippen molar-refractivity contribution in [3.05, 3.63) is 52.5 Å². The highest BCUT2D eigenvalue weighted by atomic mass is 32.1. The highest BCUT2D eigenvalue weighted by Gasteiger charge is 2.21. The van der Waals surface area contributed by atoms with Crippen molar-refractivity contribution in [3.8, 4) is 0 Å². The van der Waals surface area contributed by atoms with Gasteiger partial charge in [-0.25, -0.2) is 4.98 Å². The first-order valence-corrected chi connectivity index (χ1v) is 7.45. The lowest BCUT2D eigenvalue weighted by Gasteiger charge is -2.15. The largest absolute Gasteiger partial charge is 0.393 e. The van der Waals surface area contributed by atoms with Crippen LogP contribution in [-0.2, 0) is 17.8 Å². The molecule has 104 valence electrons. The van der Waals surface area contributed by atoms with Crippen molar-refractivity contribution >= 4 is 34.5 Å². The van der Waals surface area contributed by atoms with Crippen LogP contribution >= 0.6 is 23.6 Å². The summed E-state index contributed by atoms with van der Waals surface area (Å²) in [7, 11) is 0. The maximum Gasteiger partial charge on any atom is 0.230 e. The van der Waals surface area contributed by atoms with E-state index in [0.29, 0.717) is 13.0 Å². The minimum Gasteiger partial charge on any atom is -0.393 e. The normalized spacial score (nSPS) is 11.8. The van der Waals surface area contributed by atoms with E-state index in [-0.39, 0.29) is 10.9 Å². The molecule has 0 saturated heterocycles. The van der Waals surface area contributed by atoms with Crippen LogP contribution in [0.2, 0.25) is 0 Å². The Morgan fingerprint density at radius 2 is 2.15 bits per heavy atom. The smallest absolute Gasteiger partial charge is 0.230 e. The number of carbonyl (C=O) groups is 1. The Kier molecular flexibility index (Phi) is 5.20. The first-order valence-electron chi connectivity index (χ1n) is 6.16. The van der Waals surface area contributed by atoms with E-state index in [1.165, 1.54) is 11.3 Å². The number of thiazole rings is 1. The molecule has 0 fully saturated rings. The fourth-order valence-corrected chi connectivity index (χ4v) is 2.54. The van der Waals surface area contributed by atoms with Gasteiger partial charge in [0.2, 0.25) is 5.91 Å². The lowest BCUT2D eigenvalue weighted by Crippen LogP contribution is -2.38. The quantitative estimate of drug-likeness (QED) is 0.800. The Bertz CT molecular complexity index is 569. The third-order valence-electron chi connectivity index (χ3n) is 2.84. The van der Waals surface area contributed by atoms with Crippen LogP contribution in [0, 0.1) is 5.92 Å². The van der Waals surface area contributed by atoms with Crippen molar-refractivity contribution in [2.24, 2.45) is 11.7 Å². The molecule has 0 spiro atoms. The van der Waals surface area contributed by atoms with E-state index in [1.54, 1.807) is 6.20 Å². The average Bonchev–Trinajstić information content (AvgIpc) is 2.96. The number of aromatic nitrogens is 1. The Morgan fingerprint density at radius 1 is 1.40 bits per heavy atom. The van der Waals surface area contributed by atoms with E-state index in [4.69, 9.17) is 18.0 Å². The van der Waals surface area contributed by atoms with Gasteiger partial charge in [0.25, 0.3) is 0 Å². The van der Waals surface area contributed by atoms with E-state index < -0.39 is 5.92 Å². The molecule has 0 saturated carbocycles. The summed E-state index contributed by atoms with van der Waals surface area (Å²) in [5.41, 5.74) is 6.73. The lowest BCUT2D eigenvalue weighted by atomic mass is 9.98. The van der Waals surface area contributed by atoms with E-state index in [2.05, 4.69) is 10.3 Å². The topological polar surface area (TPSA) is 68.0 Å². The van der Waals surface area contributed by atoms with Crippen LogP contribution in [0.3, 0.4) is 0 Å². The van der Waals surface area contributed by atoms with Crippen molar-refractivity contribution in [1.82, 2.24) is 10.3 Å². The zero-order valence-corrected chi connectivity index (χ0v) is 12.4. The highest BCUT2D eigenvalue weighted by molar-refractivity contribution is 7.80. The van der Waals surface area contributed by atoms with E-state index in [0.717, 1.165) is 10.6 Å². The lowest BCUT2D eigenvalue weighted by molar-refractivity contribution is -0.123. The van der Waals surface area contributed by atoms with Gasteiger partial charge in [0, 0.05) is 11.6 Å². The molecule has 0 aliphatic rings. The predicted molar refractivity (Wildman–Crippen MR) is 84.4 cm³/mol. The predicted octanol–water partition coefficient (Wildman–Crippen LogP) is 1.90. The minimum absolute atomic E-state index is 0.156. The third-order valence-corrected chi connectivity index (χ3v) is 3.90. The van der Waals surface area contributed by atoms with Crippen LogP contribution in [0.5, 0.6) is 0 Å². The van der Waals surface area contributed by atoms with Gasteiger partial charge in [-0.3, -0.25) is 4.79 Å².